The van der Waals surface area contributed by atoms with E-state index in [-0.39, 0.29) is 12.1 Å². The van der Waals surface area contributed by atoms with E-state index in [1.165, 1.54) is 44.9 Å². The van der Waals surface area contributed by atoms with E-state index in [9.17, 15) is 4.79 Å². The number of allylic oxidation sites excluding steroid dienone is 3. The van der Waals surface area contributed by atoms with E-state index in [0.717, 1.165) is 12.8 Å². The zero-order valence-electron chi connectivity index (χ0n) is 13.6. The second-order valence-electron chi connectivity index (χ2n) is 5.71. The topological polar surface area (TPSA) is 26.3 Å². The van der Waals surface area contributed by atoms with Crippen molar-refractivity contribution in [2.45, 2.75) is 77.7 Å². The lowest BCUT2D eigenvalue weighted by Gasteiger charge is -1.99. The van der Waals surface area contributed by atoms with Gasteiger partial charge in [0, 0.05) is 0 Å². The van der Waals surface area contributed by atoms with E-state index in [0.29, 0.717) is 5.57 Å². The molecule has 0 amide bonds. The minimum atomic E-state index is -0.184. The molecule has 0 aromatic carbocycles. The van der Waals surface area contributed by atoms with Crippen LogP contribution in [0.3, 0.4) is 0 Å². The number of carbonyl (C=O) groups is 1. The first-order chi connectivity index (χ1) is 10.2. The van der Waals surface area contributed by atoms with E-state index in [1.807, 2.05) is 19.1 Å². The summed E-state index contributed by atoms with van der Waals surface area (Å²) in [6, 6.07) is 0. The summed E-state index contributed by atoms with van der Waals surface area (Å²) in [4.78, 5) is 11.4. The average molecular weight is 290 g/mol. The van der Waals surface area contributed by atoms with Crippen LogP contribution in [0.15, 0.2) is 36.0 Å². The maximum absolute atomic E-state index is 11.4. The van der Waals surface area contributed by atoms with Gasteiger partial charge in [0.05, 0.1) is 5.57 Å². The van der Waals surface area contributed by atoms with Gasteiger partial charge in [0.15, 0.2) is 0 Å². The molecule has 0 radical (unpaired) electrons. The summed E-state index contributed by atoms with van der Waals surface area (Å²) in [5, 5.41) is 0. The van der Waals surface area contributed by atoms with Gasteiger partial charge in [0.25, 0.3) is 0 Å². The van der Waals surface area contributed by atoms with Gasteiger partial charge in [-0.2, -0.15) is 0 Å². The molecule has 1 atom stereocenters. The summed E-state index contributed by atoms with van der Waals surface area (Å²) in [5.74, 6) is -0.184. The Balaban J connectivity index is 1.92. The molecule has 0 fully saturated rings. The minimum Gasteiger partial charge on any atom is -0.455 e. The van der Waals surface area contributed by atoms with Gasteiger partial charge in [-0.15, -0.1) is 0 Å². The molecular formula is C19H30O2. The number of hydrogen-bond acceptors (Lipinski definition) is 2. The highest BCUT2D eigenvalue weighted by Crippen LogP contribution is 2.15. The van der Waals surface area contributed by atoms with Crippen molar-refractivity contribution >= 4 is 5.97 Å². The van der Waals surface area contributed by atoms with E-state index in [1.54, 1.807) is 0 Å². The molecule has 0 aromatic heterocycles. The lowest BCUT2D eigenvalue weighted by Crippen LogP contribution is -2.02. The molecule has 1 aliphatic heterocycles. The molecule has 0 spiro atoms. The van der Waals surface area contributed by atoms with E-state index >= 15 is 0 Å². The standard InChI is InChI=1S/C19H30O2/c1-3-4-5-6-7-8-9-10-11-12-13-14-15-18-16-17(2)21-19(18)20/h4-5,14-17H,3,6-13H2,1-2H3/b5-4+,15-14+/t17-/m1/s1. The number of hydrogen-bond donors (Lipinski definition) is 0. The van der Waals surface area contributed by atoms with Crippen LogP contribution in [0.2, 0.25) is 0 Å². The monoisotopic (exact) mass is 290 g/mol. The van der Waals surface area contributed by atoms with Crippen molar-refractivity contribution < 1.29 is 9.53 Å². The molecular weight excluding hydrogens is 260 g/mol. The van der Waals surface area contributed by atoms with Gasteiger partial charge in [-0.05, 0) is 45.1 Å². The first kappa shape index (κ1) is 17.7. The van der Waals surface area contributed by atoms with Crippen molar-refractivity contribution in [3.8, 4) is 0 Å². The molecule has 118 valence electrons. The summed E-state index contributed by atoms with van der Waals surface area (Å²) < 4.78 is 5.04. The second-order valence-corrected chi connectivity index (χ2v) is 5.71. The fourth-order valence-electron chi connectivity index (χ4n) is 2.44. The fourth-order valence-corrected chi connectivity index (χ4v) is 2.44. The van der Waals surface area contributed by atoms with Crippen LogP contribution in [0, 0.1) is 0 Å². The van der Waals surface area contributed by atoms with E-state index in [4.69, 9.17) is 4.74 Å². The van der Waals surface area contributed by atoms with Crippen LogP contribution in [-0.4, -0.2) is 12.1 Å². The summed E-state index contributed by atoms with van der Waals surface area (Å²) in [6.45, 7) is 4.06. The Bertz CT molecular complexity index is 377. The van der Waals surface area contributed by atoms with Crippen LogP contribution in [-0.2, 0) is 9.53 Å². The highest BCUT2D eigenvalue weighted by Gasteiger charge is 2.19. The maximum Gasteiger partial charge on any atom is 0.338 e. The quantitative estimate of drug-likeness (QED) is 0.285. The SMILES string of the molecule is CC/C=C/CCCCCCCC/C=C/C1=C[C@@H](C)OC1=O. The number of rotatable bonds is 11. The molecule has 0 aliphatic carbocycles. The van der Waals surface area contributed by atoms with Gasteiger partial charge in [0.2, 0.25) is 0 Å². The van der Waals surface area contributed by atoms with Crippen molar-refractivity contribution in [3.63, 3.8) is 0 Å². The van der Waals surface area contributed by atoms with Gasteiger partial charge in [-0.1, -0.05) is 56.9 Å². The van der Waals surface area contributed by atoms with Gasteiger partial charge in [-0.25, -0.2) is 4.79 Å². The zero-order valence-corrected chi connectivity index (χ0v) is 13.6. The lowest BCUT2D eigenvalue weighted by atomic mass is 10.1. The smallest absolute Gasteiger partial charge is 0.338 e. The number of esters is 1. The van der Waals surface area contributed by atoms with Gasteiger partial charge < -0.3 is 4.74 Å². The Morgan fingerprint density at radius 2 is 1.62 bits per heavy atom. The Morgan fingerprint density at radius 1 is 1.00 bits per heavy atom. The Morgan fingerprint density at radius 3 is 2.19 bits per heavy atom. The molecule has 2 nitrogen and oxygen atoms in total. The Hall–Kier alpha value is -1.31. The van der Waals surface area contributed by atoms with E-state index < -0.39 is 0 Å². The third kappa shape index (κ3) is 8.54. The predicted octanol–water partition coefficient (Wildman–Crippen LogP) is 5.50. The largest absolute Gasteiger partial charge is 0.455 e. The van der Waals surface area contributed by atoms with Crippen molar-refractivity contribution in [1.82, 2.24) is 0 Å². The lowest BCUT2D eigenvalue weighted by molar-refractivity contribution is -0.138. The number of ether oxygens (including phenoxy) is 1. The third-order valence-electron chi connectivity index (χ3n) is 3.63. The van der Waals surface area contributed by atoms with E-state index in [2.05, 4.69) is 25.2 Å². The van der Waals surface area contributed by atoms with Crippen LogP contribution < -0.4 is 0 Å². The maximum atomic E-state index is 11.4. The van der Waals surface area contributed by atoms with Crippen LogP contribution in [0.4, 0.5) is 0 Å². The van der Waals surface area contributed by atoms with Crippen molar-refractivity contribution in [2.24, 2.45) is 0 Å². The summed E-state index contributed by atoms with van der Waals surface area (Å²) in [7, 11) is 0. The normalized spacial score (nSPS) is 18.7. The highest BCUT2D eigenvalue weighted by atomic mass is 16.5. The zero-order chi connectivity index (χ0) is 15.3. The van der Waals surface area contributed by atoms with Crippen LogP contribution in [0.25, 0.3) is 0 Å². The predicted molar refractivity (Wildman–Crippen MR) is 89.1 cm³/mol. The molecule has 0 aromatic rings. The molecule has 2 heteroatoms. The molecule has 0 saturated heterocycles. The van der Waals surface area contributed by atoms with Gasteiger partial charge in [-0.3, -0.25) is 0 Å². The Labute approximate surface area is 130 Å². The molecule has 0 bridgehead atoms. The minimum absolute atomic E-state index is 0.0654. The number of unbranched alkanes of at least 4 members (excludes halogenated alkanes) is 7. The van der Waals surface area contributed by atoms with Crippen molar-refractivity contribution in [1.29, 1.82) is 0 Å². The number of cyclic esters (lactones) is 1. The van der Waals surface area contributed by atoms with Crippen molar-refractivity contribution in [2.75, 3.05) is 0 Å². The van der Waals surface area contributed by atoms with Crippen LogP contribution in [0.1, 0.15) is 71.6 Å². The van der Waals surface area contributed by atoms with Crippen LogP contribution in [0.5, 0.6) is 0 Å². The molecule has 0 N–H and O–H groups in total. The average Bonchev–Trinajstić information content (AvgIpc) is 2.78. The van der Waals surface area contributed by atoms with Crippen LogP contribution >= 0.6 is 0 Å². The molecule has 0 saturated carbocycles. The highest BCUT2D eigenvalue weighted by molar-refractivity contribution is 5.93. The molecule has 0 unspecified atom stereocenters. The molecule has 1 heterocycles. The first-order valence-corrected chi connectivity index (χ1v) is 8.48. The third-order valence-corrected chi connectivity index (χ3v) is 3.63. The summed E-state index contributed by atoms with van der Waals surface area (Å²) in [6.07, 6.45) is 21.7. The fraction of sp³-hybridized carbons (Fsp3) is 0.632. The van der Waals surface area contributed by atoms with Gasteiger partial charge in [0.1, 0.15) is 6.10 Å². The Kier molecular flexibility index (Phi) is 9.60. The summed E-state index contributed by atoms with van der Waals surface area (Å²) >= 11 is 0. The van der Waals surface area contributed by atoms with Crippen molar-refractivity contribution in [3.05, 3.63) is 36.0 Å². The molecule has 1 rings (SSSR count). The summed E-state index contributed by atoms with van der Waals surface area (Å²) in [5.41, 5.74) is 0.711. The molecule has 1 aliphatic rings. The first-order valence-electron chi connectivity index (χ1n) is 8.48. The number of carbonyl (C=O) groups excluding carboxylic acids is 1. The van der Waals surface area contributed by atoms with Gasteiger partial charge >= 0.3 is 5.97 Å². The molecule has 21 heavy (non-hydrogen) atoms. The second kappa shape index (κ2) is 11.4.